The van der Waals surface area contributed by atoms with E-state index in [1.165, 1.54) is 24.0 Å². The Morgan fingerprint density at radius 2 is 1.92 bits per heavy atom. The molecule has 0 aromatic heterocycles. The lowest BCUT2D eigenvalue weighted by molar-refractivity contribution is -0.122. The number of hydrogen-bond acceptors (Lipinski definition) is 3. The van der Waals surface area contributed by atoms with Gasteiger partial charge in [0, 0.05) is 4.90 Å². The number of carbonyl (C=O) groups excluding carboxylic acids is 1. The Morgan fingerprint density at radius 3 is 2.75 bits per heavy atom. The number of amides is 1. The maximum absolute atomic E-state index is 12.5. The van der Waals surface area contributed by atoms with E-state index in [-0.39, 0.29) is 5.91 Å². The van der Waals surface area contributed by atoms with E-state index in [2.05, 4.69) is 11.4 Å². The van der Waals surface area contributed by atoms with Gasteiger partial charge in [-0.2, -0.15) is 0 Å². The van der Waals surface area contributed by atoms with Crippen molar-refractivity contribution in [1.29, 1.82) is 0 Å². The van der Waals surface area contributed by atoms with E-state index >= 15 is 0 Å². The van der Waals surface area contributed by atoms with Crippen molar-refractivity contribution < 1.29 is 9.53 Å². The predicted molar refractivity (Wildman–Crippen MR) is 100 cm³/mol. The lowest BCUT2D eigenvalue weighted by Gasteiger charge is -2.22. The van der Waals surface area contributed by atoms with Crippen LogP contribution in [-0.2, 0) is 17.6 Å². The van der Waals surface area contributed by atoms with E-state index in [1.54, 1.807) is 18.7 Å². The van der Waals surface area contributed by atoms with Crippen LogP contribution in [0.25, 0.3) is 0 Å². The lowest BCUT2D eigenvalue weighted by Crippen LogP contribution is -2.30. The SMILES string of the molecule is CSc1ccccc1NC(=O)[C@H](C)Oc1cccc2c1CCCC2. The van der Waals surface area contributed by atoms with Crippen LogP contribution in [-0.4, -0.2) is 18.3 Å². The first-order valence-corrected chi connectivity index (χ1v) is 9.63. The molecule has 1 atom stereocenters. The second kappa shape index (κ2) is 7.75. The van der Waals surface area contributed by atoms with Gasteiger partial charge < -0.3 is 10.1 Å². The van der Waals surface area contributed by atoms with Crippen molar-refractivity contribution in [3.63, 3.8) is 0 Å². The minimum absolute atomic E-state index is 0.120. The number of para-hydroxylation sites is 1. The molecular formula is C20H23NO2S. The van der Waals surface area contributed by atoms with E-state index < -0.39 is 6.10 Å². The topological polar surface area (TPSA) is 38.3 Å². The van der Waals surface area contributed by atoms with Crippen LogP contribution in [0.1, 0.15) is 30.9 Å². The number of ether oxygens (including phenoxy) is 1. The summed E-state index contributed by atoms with van der Waals surface area (Å²) in [4.78, 5) is 13.6. The molecule has 0 fully saturated rings. The minimum Gasteiger partial charge on any atom is -0.481 e. The molecule has 0 unspecified atom stereocenters. The molecule has 2 aromatic rings. The van der Waals surface area contributed by atoms with Gasteiger partial charge in [0.05, 0.1) is 5.69 Å². The molecule has 4 heteroatoms. The third-order valence-electron chi connectivity index (χ3n) is 4.39. The number of carbonyl (C=O) groups is 1. The van der Waals surface area contributed by atoms with Gasteiger partial charge in [0.25, 0.3) is 5.91 Å². The van der Waals surface area contributed by atoms with Gasteiger partial charge in [0.1, 0.15) is 5.75 Å². The van der Waals surface area contributed by atoms with Crippen molar-refractivity contribution in [2.45, 2.75) is 43.6 Å². The average molecular weight is 341 g/mol. The van der Waals surface area contributed by atoms with Crippen molar-refractivity contribution in [3.8, 4) is 5.75 Å². The molecule has 3 rings (SSSR count). The number of rotatable bonds is 5. The number of fused-ring (bicyclic) bond motifs is 1. The number of anilines is 1. The standard InChI is InChI=1S/C20H23NO2S/c1-14(20(22)21-17-11-5-6-13-19(17)24-2)23-18-12-7-9-15-8-3-4-10-16(15)18/h5-7,9,11-14H,3-4,8,10H2,1-2H3,(H,21,22)/t14-/m0/s1. The molecule has 0 heterocycles. The molecule has 2 aromatic carbocycles. The van der Waals surface area contributed by atoms with E-state index in [9.17, 15) is 4.79 Å². The lowest BCUT2D eigenvalue weighted by atomic mass is 9.91. The van der Waals surface area contributed by atoms with Crippen LogP contribution in [0.4, 0.5) is 5.69 Å². The Balaban J connectivity index is 1.71. The number of hydrogen-bond donors (Lipinski definition) is 1. The van der Waals surface area contributed by atoms with Gasteiger partial charge in [-0.1, -0.05) is 24.3 Å². The average Bonchev–Trinajstić information content (AvgIpc) is 2.62. The molecule has 0 radical (unpaired) electrons. The molecule has 0 saturated heterocycles. The quantitative estimate of drug-likeness (QED) is 0.802. The number of benzene rings is 2. The van der Waals surface area contributed by atoms with E-state index in [1.807, 2.05) is 42.7 Å². The maximum Gasteiger partial charge on any atom is 0.265 e. The summed E-state index contributed by atoms with van der Waals surface area (Å²) in [5.41, 5.74) is 3.47. The third kappa shape index (κ3) is 3.75. The molecule has 0 aliphatic heterocycles. The normalized spacial score (nSPS) is 14.6. The summed E-state index contributed by atoms with van der Waals surface area (Å²) < 4.78 is 6.00. The maximum atomic E-state index is 12.5. The second-order valence-corrected chi connectivity index (χ2v) is 6.90. The van der Waals surface area contributed by atoms with Crippen molar-refractivity contribution in [2.24, 2.45) is 0 Å². The Morgan fingerprint density at radius 1 is 1.12 bits per heavy atom. The van der Waals surface area contributed by atoms with E-state index in [4.69, 9.17) is 4.74 Å². The zero-order valence-electron chi connectivity index (χ0n) is 14.2. The first kappa shape index (κ1) is 16.9. The Kier molecular flexibility index (Phi) is 5.46. The van der Waals surface area contributed by atoms with Crippen LogP contribution < -0.4 is 10.1 Å². The Labute approximate surface area is 147 Å². The highest BCUT2D eigenvalue weighted by Gasteiger charge is 2.20. The zero-order chi connectivity index (χ0) is 16.9. The molecule has 1 aliphatic rings. The molecule has 1 aliphatic carbocycles. The van der Waals surface area contributed by atoms with Crippen molar-refractivity contribution in [2.75, 3.05) is 11.6 Å². The molecular weight excluding hydrogens is 318 g/mol. The second-order valence-electron chi connectivity index (χ2n) is 6.05. The molecule has 24 heavy (non-hydrogen) atoms. The molecule has 0 saturated carbocycles. The van der Waals surface area contributed by atoms with Gasteiger partial charge in [0.2, 0.25) is 0 Å². The Bertz CT molecular complexity index is 729. The molecule has 126 valence electrons. The first-order chi connectivity index (χ1) is 11.7. The van der Waals surface area contributed by atoms with Crippen LogP contribution in [0.5, 0.6) is 5.75 Å². The first-order valence-electron chi connectivity index (χ1n) is 8.40. The van der Waals surface area contributed by atoms with E-state index in [0.29, 0.717) is 0 Å². The molecule has 1 amide bonds. The van der Waals surface area contributed by atoms with Gasteiger partial charge in [-0.05, 0) is 68.2 Å². The van der Waals surface area contributed by atoms with Crippen LogP contribution in [0.3, 0.4) is 0 Å². The van der Waals surface area contributed by atoms with Gasteiger partial charge in [-0.15, -0.1) is 11.8 Å². The van der Waals surface area contributed by atoms with Gasteiger partial charge >= 0.3 is 0 Å². The van der Waals surface area contributed by atoms with Crippen molar-refractivity contribution in [1.82, 2.24) is 0 Å². The van der Waals surface area contributed by atoms with Crippen LogP contribution in [0.2, 0.25) is 0 Å². The summed E-state index contributed by atoms with van der Waals surface area (Å²) in [6.07, 6.45) is 6.03. The number of nitrogens with one attached hydrogen (secondary N) is 1. The van der Waals surface area contributed by atoms with Crippen molar-refractivity contribution >= 4 is 23.4 Å². The van der Waals surface area contributed by atoms with Crippen LogP contribution >= 0.6 is 11.8 Å². The minimum atomic E-state index is -0.534. The van der Waals surface area contributed by atoms with E-state index in [0.717, 1.165) is 29.2 Å². The summed E-state index contributed by atoms with van der Waals surface area (Å²) in [7, 11) is 0. The zero-order valence-corrected chi connectivity index (χ0v) is 15.0. The summed E-state index contributed by atoms with van der Waals surface area (Å²) in [5.74, 6) is 0.734. The third-order valence-corrected chi connectivity index (χ3v) is 5.19. The Hall–Kier alpha value is -1.94. The summed E-state index contributed by atoms with van der Waals surface area (Å²) in [5, 5.41) is 2.98. The highest BCUT2D eigenvalue weighted by Crippen LogP contribution is 2.30. The van der Waals surface area contributed by atoms with Gasteiger partial charge in [0.15, 0.2) is 6.10 Å². The molecule has 1 N–H and O–H groups in total. The summed E-state index contributed by atoms with van der Waals surface area (Å²) in [6.45, 7) is 1.80. The number of aryl methyl sites for hydroxylation is 1. The fourth-order valence-corrected chi connectivity index (χ4v) is 3.64. The highest BCUT2D eigenvalue weighted by atomic mass is 32.2. The number of thioether (sulfide) groups is 1. The predicted octanol–water partition coefficient (Wildman–Crippen LogP) is 4.69. The smallest absolute Gasteiger partial charge is 0.265 e. The fourth-order valence-electron chi connectivity index (χ4n) is 3.08. The monoisotopic (exact) mass is 341 g/mol. The largest absolute Gasteiger partial charge is 0.481 e. The van der Waals surface area contributed by atoms with Crippen LogP contribution in [0, 0.1) is 0 Å². The summed E-state index contributed by atoms with van der Waals surface area (Å²) >= 11 is 1.62. The van der Waals surface area contributed by atoms with Crippen LogP contribution in [0.15, 0.2) is 47.4 Å². The molecule has 0 spiro atoms. The fraction of sp³-hybridized carbons (Fsp3) is 0.350. The van der Waals surface area contributed by atoms with Gasteiger partial charge in [-0.25, -0.2) is 0 Å². The highest BCUT2D eigenvalue weighted by molar-refractivity contribution is 7.98. The molecule has 3 nitrogen and oxygen atoms in total. The van der Waals surface area contributed by atoms with Gasteiger partial charge in [-0.3, -0.25) is 4.79 Å². The molecule has 0 bridgehead atoms. The summed E-state index contributed by atoms with van der Waals surface area (Å²) in [6, 6.07) is 14.0. The van der Waals surface area contributed by atoms with Crippen molar-refractivity contribution in [3.05, 3.63) is 53.6 Å².